The number of fused-ring (bicyclic) bond motifs is 1. The summed E-state index contributed by atoms with van der Waals surface area (Å²) in [5, 5.41) is 3.44. The van der Waals surface area contributed by atoms with Crippen molar-refractivity contribution in [2.45, 2.75) is 18.1 Å². The van der Waals surface area contributed by atoms with Crippen LogP contribution < -0.4 is 0 Å². The fourth-order valence-corrected chi connectivity index (χ4v) is 2.39. The highest BCUT2D eigenvalue weighted by molar-refractivity contribution is 7.99. The molecule has 7 heteroatoms. The summed E-state index contributed by atoms with van der Waals surface area (Å²) in [6.45, 7) is 1.92. The van der Waals surface area contributed by atoms with Crippen molar-refractivity contribution in [3.05, 3.63) is 29.2 Å². The quantitative estimate of drug-likeness (QED) is 0.498. The van der Waals surface area contributed by atoms with E-state index in [2.05, 4.69) is 15.1 Å². The highest BCUT2D eigenvalue weighted by atomic mass is 32.2. The summed E-state index contributed by atoms with van der Waals surface area (Å²) in [6.07, 6.45) is 0. The molecule has 1 aromatic carbocycles. The number of hydrogen-bond acceptors (Lipinski definition) is 6. The SMILES string of the molecule is CCOC(=O)C(CSc1nc2ccccc2[nH]1)N=O. The lowest BCUT2D eigenvalue weighted by Gasteiger charge is -2.06. The van der Waals surface area contributed by atoms with Gasteiger partial charge in [-0.3, -0.25) is 0 Å². The van der Waals surface area contributed by atoms with E-state index in [0.717, 1.165) is 11.0 Å². The second-order valence-corrected chi connectivity index (χ2v) is 4.75. The van der Waals surface area contributed by atoms with E-state index < -0.39 is 12.0 Å². The molecule has 1 heterocycles. The van der Waals surface area contributed by atoms with Crippen molar-refractivity contribution in [3.8, 4) is 0 Å². The number of esters is 1. The number of rotatable bonds is 6. The van der Waals surface area contributed by atoms with Gasteiger partial charge in [0, 0.05) is 5.75 Å². The Morgan fingerprint density at radius 2 is 2.32 bits per heavy atom. The molecule has 6 nitrogen and oxygen atoms in total. The zero-order valence-electron chi connectivity index (χ0n) is 10.3. The minimum absolute atomic E-state index is 0.210. The minimum Gasteiger partial charge on any atom is -0.464 e. The van der Waals surface area contributed by atoms with Crippen LogP contribution in [0.1, 0.15) is 6.92 Å². The molecule has 0 aliphatic rings. The van der Waals surface area contributed by atoms with Gasteiger partial charge in [0.05, 0.1) is 17.6 Å². The van der Waals surface area contributed by atoms with Crippen molar-refractivity contribution in [2.24, 2.45) is 5.18 Å². The van der Waals surface area contributed by atoms with Crippen molar-refractivity contribution in [1.29, 1.82) is 0 Å². The second-order valence-electron chi connectivity index (χ2n) is 3.74. The number of aromatic amines is 1. The molecule has 2 rings (SSSR count). The van der Waals surface area contributed by atoms with E-state index in [1.807, 2.05) is 24.3 Å². The van der Waals surface area contributed by atoms with E-state index in [-0.39, 0.29) is 12.4 Å². The number of hydrogen-bond donors (Lipinski definition) is 1. The molecule has 19 heavy (non-hydrogen) atoms. The third-order valence-electron chi connectivity index (χ3n) is 2.43. The Bertz CT molecular complexity index is 551. The zero-order chi connectivity index (χ0) is 13.7. The van der Waals surface area contributed by atoms with Crippen LogP contribution in [0, 0.1) is 4.91 Å². The zero-order valence-corrected chi connectivity index (χ0v) is 11.1. The van der Waals surface area contributed by atoms with Crippen LogP contribution in [-0.4, -0.2) is 34.3 Å². The summed E-state index contributed by atoms with van der Waals surface area (Å²) in [6, 6.07) is 6.59. The molecule has 2 aromatic rings. The van der Waals surface area contributed by atoms with Crippen molar-refractivity contribution < 1.29 is 9.53 Å². The fraction of sp³-hybridized carbons (Fsp3) is 0.333. The van der Waals surface area contributed by atoms with Gasteiger partial charge in [-0.15, -0.1) is 4.91 Å². The number of aromatic nitrogens is 2. The first-order valence-corrected chi connectivity index (χ1v) is 6.79. The summed E-state index contributed by atoms with van der Waals surface area (Å²) in [7, 11) is 0. The Balaban J connectivity index is 2.00. The number of benzene rings is 1. The van der Waals surface area contributed by atoms with Crippen LogP contribution >= 0.6 is 11.8 Å². The van der Waals surface area contributed by atoms with Gasteiger partial charge < -0.3 is 9.72 Å². The number of carbonyl (C=O) groups excluding carboxylic acids is 1. The Kier molecular flexibility index (Phi) is 4.51. The molecule has 0 aliphatic heterocycles. The molecular formula is C12H13N3O3S. The number of para-hydroxylation sites is 2. The maximum absolute atomic E-state index is 11.4. The maximum atomic E-state index is 11.4. The molecule has 0 saturated heterocycles. The Hall–Kier alpha value is -1.89. The van der Waals surface area contributed by atoms with Gasteiger partial charge in [0.2, 0.25) is 0 Å². The van der Waals surface area contributed by atoms with Gasteiger partial charge in [-0.1, -0.05) is 29.1 Å². The summed E-state index contributed by atoms with van der Waals surface area (Å²) in [5.74, 6) is -0.386. The average molecular weight is 279 g/mol. The molecule has 0 spiro atoms. The molecular weight excluding hydrogens is 266 g/mol. The van der Waals surface area contributed by atoms with Crippen LogP contribution in [0.4, 0.5) is 0 Å². The van der Waals surface area contributed by atoms with E-state index in [4.69, 9.17) is 4.74 Å². The van der Waals surface area contributed by atoms with Crippen LogP contribution in [0.25, 0.3) is 11.0 Å². The van der Waals surface area contributed by atoms with Crippen molar-refractivity contribution in [1.82, 2.24) is 9.97 Å². The van der Waals surface area contributed by atoms with E-state index >= 15 is 0 Å². The maximum Gasteiger partial charge on any atom is 0.335 e. The first kappa shape index (κ1) is 13.5. The van der Waals surface area contributed by atoms with Crippen LogP contribution in [-0.2, 0) is 9.53 Å². The molecule has 0 bridgehead atoms. The van der Waals surface area contributed by atoms with E-state index in [0.29, 0.717) is 5.16 Å². The molecule has 0 aliphatic carbocycles. The number of nitrogens with zero attached hydrogens (tertiary/aromatic N) is 2. The fourth-order valence-electron chi connectivity index (χ4n) is 1.54. The molecule has 0 amide bonds. The van der Waals surface area contributed by atoms with Crippen molar-refractivity contribution >= 4 is 28.8 Å². The molecule has 0 saturated carbocycles. The van der Waals surface area contributed by atoms with E-state index in [9.17, 15) is 9.70 Å². The molecule has 1 aromatic heterocycles. The van der Waals surface area contributed by atoms with Crippen molar-refractivity contribution in [2.75, 3.05) is 12.4 Å². The lowest BCUT2D eigenvalue weighted by atomic mass is 10.3. The summed E-state index contributed by atoms with van der Waals surface area (Å²) < 4.78 is 4.77. The number of H-pyrrole nitrogens is 1. The van der Waals surface area contributed by atoms with Gasteiger partial charge in [0.25, 0.3) is 0 Å². The molecule has 1 unspecified atom stereocenters. The molecule has 100 valence electrons. The molecule has 0 radical (unpaired) electrons. The van der Waals surface area contributed by atoms with E-state index in [1.54, 1.807) is 6.92 Å². The molecule has 0 fully saturated rings. The third kappa shape index (κ3) is 3.31. The van der Waals surface area contributed by atoms with Gasteiger partial charge in [0.15, 0.2) is 11.2 Å². The first-order chi connectivity index (χ1) is 9.24. The highest BCUT2D eigenvalue weighted by Gasteiger charge is 2.21. The average Bonchev–Trinajstić information content (AvgIpc) is 2.82. The van der Waals surface area contributed by atoms with Crippen LogP contribution in [0.3, 0.4) is 0 Å². The predicted octanol–water partition coefficient (Wildman–Crippen LogP) is 2.35. The van der Waals surface area contributed by atoms with Gasteiger partial charge >= 0.3 is 5.97 Å². The standard InChI is InChI=1S/C12H13N3O3S/c1-2-18-11(16)10(15-17)7-19-12-13-8-5-3-4-6-9(8)14-12/h3-6,10H,2,7H2,1H3,(H,13,14). The number of carbonyl (C=O) groups is 1. The van der Waals surface area contributed by atoms with Gasteiger partial charge in [-0.05, 0) is 19.1 Å². The Morgan fingerprint density at radius 3 is 3.00 bits per heavy atom. The summed E-state index contributed by atoms with van der Waals surface area (Å²) >= 11 is 1.27. The van der Waals surface area contributed by atoms with Crippen LogP contribution in [0.15, 0.2) is 34.6 Å². The smallest absolute Gasteiger partial charge is 0.335 e. The topological polar surface area (TPSA) is 84.4 Å². The van der Waals surface area contributed by atoms with Crippen LogP contribution in [0.5, 0.6) is 0 Å². The van der Waals surface area contributed by atoms with Gasteiger partial charge in [0.1, 0.15) is 0 Å². The number of imidazole rings is 1. The number of nitroso groups, excluding NO2 is 1. The van der Waals surface area contributed by atoms with Gasteiger partial charge in [-0.25, -0.2) is 9.78 Å². The largest absolute Gasteiger partial charge is 0.464 e. The van der Waals surface area contributed by atoms with E-state index in [1.165, 1.54) is 11.8 Å². The normalized spacial score (nSPS) is 12.3. The predicted molar refractivity (Wildman–Crippen MR) is 73.0 cm³/mol. The monoisotopic (exact) mass is 279 g/mol. The van der Waals surface area contributed by atoms with Gasteiger partial charge in [-0.2, -0.15) is 0 Å². The first-order valence-electron chi connectivity index (χ1n) is 5.81. The summed E-state index contributed by atoms with van der Waals surface area (Å²) in [4.78, 5) is 29.5. The Labute approximate surface area is 113 Å². The molecule has 1 N–H and O–H groups in total. The number of nitrogens with one attached hydrogen (secondary N) is 1. The number of ether oxygens (including phenoxy) is 1. The third-order valence-corrected chi connectivity index (χ3v) is 3.38. The second kappa shape index (κ2) is 6.33. The Morgan fingerprint density at radius 1 is 1.53 bits per heavy atom. The van der Waals surface area contributed by atoms with Crippen molar-refractivity contribution in [3.63, 3.8) is 0 Å². The minimum atomic E-state index is -1.00. The highest BCUT2D eigenvalue weighted by Crippen LogP contribution is 2.20. The lowest BCUT2D eigenvalue weighted by Crippen LogP contribution is -2.23. The molecule has 1 atom stereocenters. The summed E-state index contributed by atoms with van der Waals surface area (Å²) in [5.41, 5.74) is 1.76. The lowest BCUT2D eigenvalue weighted by molar-refractivity contribution is -0.144. The number of thioether (sulfide) groups is 1. The van der Waals surface area contributed by atoms with Crippen LogP contribution in [0.2, 0.25) is 0 Å².